The van der Waals surface area contributed by atoms with Gasteiger partial charge in [0.1, 0.15) is 11.6 Å². The molecule has 0 radical (unpaired) electrons. The fraction of sp³-hybridized carbons (Fsp3) is 0.333. The van der Waals surface area contributed by atoms with E-state index in [1.165, 1.54) is 23.9 Å². The number of benzene rings is 1. The maximum Gasteiger partial charge on any atom is 0.208 e. The molecule has 0 saturated carbocycles. The molecule has 17 heavy (non-hydrogen) atoms. The SMILES string of the molecule is CCCc1nc(SCc2cccc(F)c2)n[nH]1. The first-order valence-corrected chi connectivity index (χ1v) is 6.55. The Balaban J connectivity index is 1.93. The van der Waals surface area contributed by atoms with Crippen LogP contribution in [0.4, 0.5) is 4.39 Å². The van der Waals surface area contributed by atoms with E-state index in [0.717, 1.165) is 29.4 Å². The molecule has 0 bridgehead atoms. The molecular weight excluding hydrogens is 237 g/mol. The lowest BCUT2D eigenvalue weighted by atomic mass is 10.2. The average molecular weight is 251 g/mol. The van der Waals surface area contributed by atoms with Crippen LogP contribution in [0, 0.1) is 5.82 Å². The molecule has 0 aliphatic carbocycles. The van der Waals surface area contributed by atoms with Crippen molar-refractivity contribution in [1.29, 1.82) is 0 Å². The molecule has 1 heterocycles. The number of hydrogen-bond donors (Lipinski definition) is 1. The van der Waals surface area contributed by atoms with Crippen LogP contribution < -0.4 is 0 Å². The normalized spacial score (nSPS) is 10.7. The number of aromatic amines is 1. The van der Waals surface area contributed by atoms with Gasteiger partial charge in [-0.25, -0.2) is 9.37 Å². The molecule has 5 heteroatoms. The van der Waals surface area contributed by atoms with Gasteiger partial charge < -0.3 is 0 Å². The third kappa shape index (κ3) is 3.56. The van der Waals surface area contributed by atoms with Crippen LogP contribution in [-0.2, 0) is 12.2 Å². The summed E-state index contributed by atoms with van der Waals surface area (Å²) < 4.78 is 13.0. The third-order valence-electron chi connectivity index (χ3n) is 2.25. The zero-order chi connectivity index (χ0) is 12.1. The number of nitrogens with one attached hydrogen (secondary N) is 1. The van der Waals surface area contributed by atoms with Gasteiger partial charge in [0.15, 0.2) is 0 Å². The van der Waals surface area contributed by atoms with Crippen molar-refractivity contribution >= 4 is 11.8 Å². The Morgan fingerprint density at radius 3 is 3.06 bits per heavy atom. The first-order valence-electron chi connectivity index (χ1n) is 5.56. The lowest BCUT2D eigenvalue weighted by molar-refractivity contribution is 0.626. The molecule has 1 aromatic heterocycles. The molecule has 0 aliphatic rings. The van der Waals surface area contributed by atoms with Crippen LogP contribution in [0.3, 0.4) is 0 Å². The molecule has 0 aliphatic heterocycles. The fourth-order valence-electron chi connectivity index (χ4n) is 1.47. The summed E-state index contributed by atoms with van der Waals surface area (Å²) in [5, 5.41) is 7.72. The Hall–Kier alpha value is -1.36. The quantitative estimate of drug-likeness (QED) is 0.830. The summed E-state index contributed by atoms with van der Waals surface area (Å²) in [6.07, 6.45) is 1.96. The maximum atomic E-state index is 13.0. The smallest absolute Gasteiger partial charge is 0.208 e. The molecule has 1 N–H and O–H groups in total. The minimum atomic E-state index is -0.204. The van der Waals surface area contributed by atoms with E-state index in [-0.39, 0.29) is 5.82 Å². The summed E-state index contributed by atoms with van der Waals surface area (Å²) in [6.45, 7) is 2.10. The number of thioether (sulfide) groups is 1. The summed E-state index contributed by atoms with van der Waals surface area (Å²) in [4.78, 5) is 4.34. The van der Waals surface area contributed by atoms with E-state index in [9.17, 15) is 4.39 Å². The molecule has 2 aromatic rings. The number of nitrogens with zero attached hydrogens (tertiary/aromatic N) is 2. The Morgan fingerprint density at radius 1 is 1.41 bits per heavy atom. The second kappa shape index (κ2) is 5.82. The van der Waals surface area contributed by atoms with Crippen molar-refractivity contribution in [3.8, 4) is 0 Å². The van der Waals surface area contributed by atoms with Gasteiger partial charge in [-0.3, -0.25) is 5.10 Å². The Kier molecular flexibility index (Phi) is 4.14. The van der Waals surface area contributed by atoms with Gasteiger partial charge in [-0.1, -0.05) is 30.8 Å². The molecule has 0 atom stereocenters. The van der Waals surface area contributed by atoms with Gasteiger partial charge in [0.05, 0.1) is 0 Å². The summed E-state index contributed by atoms with van der Waals surface area (Å²) in [5.74, 6) is 1.39. The van der Waals surface area contributed by atoms with Gasteiger partial charge in [-0.15, -0.1) is 5.10 Å². The molecule has 1 aromatic carbocycles. The second-order valence-corrected chi connectivity index (χ2v) is 4.68. The zero-order valence-corrected chi connectivity index (χ0v) is 10.4. The second-order valence-electron chi connectivity index (χ2n) is 3.73. The highest BCUT2D eigenvalue weighted by atomic mass is 32.2. The Labute approximate surface area is 104 Å². The van der Waals surface area contributed by atoms with Crippen molar-refractivity contribution in [2.75, 3.05) is 0 Å². The van der Waals surface area contributed by atoms with Crippen molar-refractivity contribution in [2.24, 2.45) is 0 Å². The van der Waals surface area contributed by atoms with Crippen molar-refractivity contribution in [1.82, 2.24) is 15.2 Å². The van der Waals surface area contributed by atoms with Crippen molar-refractivity contribution in [2.45, 2.75) is 30.7 Å². The van der Waals surface area contributed by atoms with E-state index >= 15 is 0 Å². The highest BCUT2D eigenvalue weighted by molar-refractivity contribution is 7.98. The maximum absolute atomic E-state index is 13.0. The molecule has 0 unspecified atom stereocenters. The van der Waals surface area contributed by atoms with E-state index < -0.39 is 0 Å². The predicted octanol–water partition coefficient (Wildman–Crippen LogP) is 3.19. The van der Waals surface area contributed by atoms with E-state index in [4.69, 9.17) is 0 Å². The molecule has 0 saturated heterocycles. The van der Waals surface area contributed by atoms with Crippen molar-refractivity contribution in [3.05, 3.63) is 41.5 Å². The molecule has 0 fully saturated rings. The minimum Gasteiger partial charge on any atom is -0.262 e. The van der Waals surface area contributed by atoms with Crippen LogP contribution in [0.2, 0.25) is 0 Å². The van der Waals surface area contributed by atoms with E-state index in [1.54, 1.807) is 6.07 Å². The van der Waals surface area contributed by atoms with E-state index in [0.29, 0.717) is 5.75 Å². The molecule has 90 valence electrons. The van der Waals surface area contributed by atoms with Crippen molar-refractivity contribution < 1.29 is 4.39 Å². The van der Waals surface area contributed by atoms with Gasteiger partial charge >= 0.3 is 0 Å². The van der Waals surface area contributed by atoms with Crippen LogP contribution in [0.25, 0.3) is 0 Å². The number of rotatable bonds is 5. The molecule has 3 nitrogen and oxygen atoms in total. The van der Waals surface area contributed by atoms with E-state index in [2.05, 4.69) is 22.1 Å². The van der Waals surface area contributed by atoms with Crippen molar-refractivity contribution in [3.63, 3.8) is 0 Å². The highest BCUT2D eigenvalue weighted by Gasteiger charge is 2.04. The number of hydrogen-bond acceptors (Lipinski definition) is 3. The molecule has 2 rings (SSSR count). The first kappa shape index (κ1) is 12.1. The van der Waals surface area contributed by atoms with Gasteiger partial charge in [0.2, 0.25) is 5.16 Å². The number of aryl methyl sites for hydroxylation is 1. The lowest BCUT2D eigenvalue weighted by Gasteiger charge is -1.97. The molecular formula is C12H14FN3S. The summed E-state index contributed by atoms with van der Waals surface area (Å²) >= 11 is 1.51. The van der Waals surface area contributed by atoms with E-state index in [1.807, 2.05) is 6.07 Å². The Morgan fingerprint density at radius 2 is 2.29 bits per heavy atom. The summed E-state index contributed by atoms with van der Waals surface area (Å²) in [6, 6.07) is 6.59. The zero-order valence-electron chi connectivity index (χ0n) is 9.61. The van der Waals surface area contributed by atoms with Gasteiger partial charge in [0.25, 0.3) is 0 Å². The number of aromatic nitrogens is 3. The lowest BCUT2D eigenvalue weighted by Crippen LogP contribution is -1.85. The van der Waals surface area contributed by atoms with Crippen LogP contribution in [0.1, 0.15) is 24.7 Å². The number of H-pyrrole nitrogens is 1. The monoisotopic (exact) mass is 251 g/mol. The number of halogens is 1. The topological polar surface area (TPSA) is 41.6 Å². The Bertz CT molecular complexity index is 484. The largest absolute Gasteiger partial charge is 0.262 e. The van der Waals surface area contributed by atoms with Crippen LogP contribution >= 0.6 is 11.8 Å². The summed E-state index contributed by atoms with van der Waals surface area (Å²) in [5.41, 5.74) is 0.942. The molecule has 0 spiro atoms. The first-order chi connectivity index (χ1) is 8.28. The molecule has 0 amide bonds. The predicted molar refractivity (Wildman–Crippen MR) is 66.3 cm³/mol. The van der Waals surface area contributed by atoms with Gasteiger partial charge in [0, 0.05) is 12.2 Å². The standard InChI is InChI=1S/C12H14FN3S/c1-2-4-11-14-12(16-15-11)17-8-9-5-3-6-10(13)7-9/h3,5-7H,2,4,8H2,1H3,(H,14,15,16). The average Bonchev–Trinajstić information content (AvgIpc) is 2.75. The highest BCUT2D eigenvalue weighted by Crippen LogP contribution is 2.19. The van der Waals surface area contributed by atoms with Crippen LogP contribution in [0.15, 0.2) is 29.4 Å². The third-order valence-corrected chi connectivity index (χ3v) is 3.17. The van der Waals surface area contributed by atoms with Gasteiger partial charge in [-0.05, 0) is 24.1 Å². The minimum absolute atomic E-state index is 0.204. The summed E-state index contributed by atoms with van der Waals surface area (Å²) in [7, 11) is 0. The van der Waals surface area contributed by atoms with Crippen LogP contribution in [-0.4, -0.2) is 15.2 Å². The van der Waals surface area contributed by atoms with Crippen LogP contribution in [0.5, 0.6) is 0 Å². The fourth-order valence-corrected chi connectivity index (χ4v) is 2.23. The van der Waals surface area contributed by atoms with Gasteiger partial charge in [-0.2, -0.15) is 0 Å².